The maximum atomic E-state index is 12.7. The van der Waals surface area contributed by atoms with E-state index < -0.39 is 5.60 Å². The van der Waals surface area contributed by atoms with E-state index in [1.807, 2.05) is 56.0 Å². The van der Waals surface area contributed by atoms with Crippen molar-refractivity contribution in [3.63, 3.8) is 0 Å². The van der Waals surface area contributed by atoms with Gasteiger partial charge in [-0.2, -0.15) is 0 Å². The molecular formula is C21H29IN2O4. The molecule has 2 saturated heterocycles. The predicted molar refractivity (Wildman–Crippen MR) is 115 cm³/mol. The Morgan fingerprint density at radius 3 is 2.50 bits per heavy atom. The monoisotopic (exact) mass is 500 g/mol. The average Bonchev–Trinajstić information content (AvgIpc) is 3.03. The highest BCUT2D eigenvalue weighted by atomic mass is 127. The molecule has 3 unspecified atom stereocenters. The van der Waals surface area contributed by atoms with Crippen LogP contribution < -0.4 is 0 Å². The van der Waals surface area contributed by atoms with Crippen molar-refractivity contribution in [1.29, 1.82) is 0 Å². The van der Waals surface area contributed by atoms with E-state index in [2.05, 4.69) is 22.6 Å². The quantitative estimate of drug-likeness (QED) is 0.459. The number of carbonyl (C=O) groups is 2. The van der Waals surface area contributed by atoms with Crippen LogP contribution in [0.1, 0.15) is 32.8 Å². The second kappa shape index (κ2) is 8.88. The van der Waals surface area contributed by atoms with Crippen LogP contribution in [0.2, 0.25) is 0 Å². The zero-order valence-corrected chi connectivity index (χ0v) is 18.9. The van der Waals surface area contributed by atoms with Gasteiger partial charge in [-0.1, -0.05) is 52.9 Å². The topological polar surface area (TPSA) is 59.1 Å². The van der Waals surface area contributed by atoms with Crippen LogP contribution in [0.5, 0.6) is 0 Å². The van der Waals surface area contributed by atoms with Crippen LogP contribution in [-0.2, 0) is 16.1 Å². The molecule has 2 aliphatic rings. The molecule has 1 aromatic rings. The normalized spacial score (nSPS) is 24.6. The van der Waals surface area contributed by atoms with E-state index in [-0.39, 0.29) is 24.8 Å². The Morgan fingerprint density at radius 1 is 1.14 bits per heavy atom. The van der Waals surface area contributed by atoms with Crippen molar-refractivity contribution in [2.45, 2.75) is 45.4 Å². The van der Waals surface area contributed by atoms with E-state index >= 15 is 0 Å². The molecule has 2 amide bonds. The molecule has 0 bridgehead atoms. The van der Waals surface area contributed by atoms with Crippen molar-refractivity contribution < 1.29 is 19.1 Å². The van der Waals surface area contributed by atoms with Crippen LogP contribution in [0.3, 0.4) is 0 Å². The van der Waals surface area contributed by atoms with Gasteiger partial charge in [-0.25, -0.2) is 9.59 Å². The van der Waals surface area contributed by atoms with Crippen LogP contribution in [0.4, 0.5) is 9.59 Å². The minimum Gasteiger partial charge on any atom is -0.445 e. The summed E-state index contributed by atoms with van der Waals surface area (Å²) < 4.78 is 12.1. The Labute approximate surface area is 180 Å². The maximum absolute atomic E-state index is 12.7. The van der Waals surface area contributed by atoms with Gasteiger partial charge in [0.05, 0.1) is 6.04 Å². The van der Waals surface area contributed by atoms with Gasteiger partial charge in [0.2, 0.25) is 0 Å². The summed E-state index contributed by atoms with van der Waals surface area (Å²) in [5.74, 6) is 0.850. The predicted octanol–water partition coefficient (Wildman–Crippen LogP) is 4.32. The van der Waals surface area contributed by atoms with Crippen LogP contribution in [0.15, 0.2) is 30.3 Å². The minimum absolute atomic E-state index is 0.00681. The maximum Gasteiger partial charge on any atom is 0.410 e. The lowest BCUT2D eigenvalue weighted by Gasteiger charge is -2.38. The first-order valence-corrected chi connectivity index (χ1v) is 11.3. The van der Waals surface area contributed by atoms with Crippen molar-refractivity contribution in [1.82, 2.24) is 9.80 Å². The Kier molecular flexibility index (Phi) is 6.73. The lowest BCUT2D eigenvalue weighted by atomic mass is 9.86. The number of carbonyl (C=O) groups excluding carboxylic acids is 2. The molecule has 0 radical (unpaired) electrons. The summed E-state index contributed by atoms with van der Waals surface area (Å²) in [4.78, 5) is 28.9. The fourth-order valence-electron chi connectivity index (χ4n) is 4.02. The zero-order valence-electron chi connectivity index (χ0n) is 16.8. The SMILES string of the molecule is CC(C)(C)OC(=O)N1CC(CI)C2CCN(C(=O)OCc3ccccc3)CC21. The Balaban J connectivity index is 1.63. The summed E-state index contributed by atoms with van der Waals surface area (Å²) in [7, 11) is 0. The number of ether oxygens (including phenoxy) is 2. The highest BCUT2D eigenvalue weighted by Gasteiger charge is 2.48. The van der Waals surface area contributed by atoms with Crippen LogP contribution >= 0.6 is 22.6 Å². The van der Waals surface area contributed by atoms with E-state index in [0.717, 1.165) is 16.4 Å². The third-order valence-corrected chi connectivity index (χ3v) is 6.49. The second-order valence-corrected chi connectivity index (χ2v) is 9.43. The number of nitrogens with zero attached hydrogens (tertiary/aromatic N) is 2. The molecule has 6 nitrogen and oxygen atoms in total. The molecule has 0 saturated carbocycles. The van der Waals surface area contributed by atoms with Crippen molar-refractivity contribution in [3.8, 4) is 0 Å². The van der Waals surface area contributed by atoms with Crippen molar-refractivity contribution >= 4 is 34.8 Å². The number of fused-ring (bicyclic) bond motifs is 1. The molecule has 0 N–H and O–H groups in total. The molecule has 7 heteroatoms. The summed E-state index contributed by atoms with van der Waals surface area (Å²) in [6.45, 7) is 7.76. The summed E-state index contributed by atoms with van der Waals surface area (Å²) in [5.41, 5.74) is 0.435. The van der Waals surface area contributed by atoms with Gasteiger partial charge < -0.3 is 19.3 Å². The summed E-state index contributed by atoms with van der Waals surface area (Å²) in [6.07, 6.45) is 0.289. The largest absolute Gasteiger partial charge is 0.445 e. The van der Waals surface area contributed by atoms with Gasteiger partial charge in [-0.3, -0.25) is 0 Å². The number of piperidine rings is 1. The summed E-state index contributed by atoms with van der Waals surface area (Å²) >= 11 is 2.39. The van der Waals surface area contributed by atoms with Gasteiger partial charge in [0.25, 0.3) is 0 Å². The van der Waals surface area contributed by atoms with Crippen LogP contribution in [0, 0.1) is 11.8 Å². The molecule has 2 aliphatic heterocycles. The first-order chi connectivity index (χ1) is 13.3. The van der Waals surface area contributed by atoms with Gasteiger partial charge in [0.1, 0.15) is 12.2 Å². The number of alkyl halides is 1. The average molecular weight is 500 g/mol. The zero-order chi connectivity index (χ0) is 20.3. The number of hydrogen-bond donors (Lipinski definition) is 0. The molecule has 2 heterocycles. The summed E-state index contributed by atoms with van der Waals surface area (Å²) in [5, 5.41) is 0. The van der Waals surface area contributed by atoms with E-state index in [0.29, 0.717) is 31.5 Å². The third kappa shape index (κ3) is 5.10. The number of amides is 2. The number of rotatable bonds is 3. The summed E-state index contributed by atoms with van der Waals surface area (Å²) in [6, 6.07) is 9.65. The van der Waals surface area contributed by atoms with E-state index in [1.54, 1.807) is 4.90 Å². The second-order valence-electron chi connectivity index (χ2n) is 8.55. The van der Waals surface area contributed by atoms with Gasteiger partial charge in [0.15, 0.2) is 0 Å². The van der Waals surface area contributed by atoms with Gasteiger partial charge in [0, 0.05) is 24.1 Å². The Hall–Kier alpha value is -1.51. The molecule has 0 spiro atoms. The van der Waals surface area contributed by atoms with Crippen LogP contribution in [0.25, 0.3) is 0 Å². The standard InChI is InChI=1S/C21H29IN2O4/c1-21(2,3)28-20(26)24-12-16(11-22)17-9-10-23(13-18(17)24)19(25)27-14-15-7-5-4-6-8-15/h4-8,16-18H,9-14H2,1-3H3. The highest BCUT2D eigenvalue weighted by molar-refractivity contribution is 14.1. The van der Waals surface area contributed by atoms with Crippen molar-refractivity contribution in [2.24, 2.45) is 11.8 Å². The fourth-order valence-corrected chi connectivity index (χ4v) is 4.95. The van der Waals surface area contributed by atoms with E-state index in [9.17, 15) is 9.59 Å². The number of halogens is 1. The van der Waals surface area contributed by atoms with Crippen LogP contribution in [-0.4, -0.2) is 57.7 Å². The molecule has 3 atom stereocenters. The van der Waals surface area contributed by atoms with Gasteiger partial charge in [-0.15, -0.1) is 0 Å². The Morgan fingerprint density at radius 2 is 1.86 bits per heavy atom. The first kappa shape index (κ1) is 21.2. The number of hydrogen-bond acceptors (Lipinski definition) is 4. The van der Waals surface area contributed by atoms with Crippen molar-refractivity contribution in [3.05, 3.63) is 35.9 Å². The number of benzene rings is 1. The molecule has 1 aromatic carbocycles. The van der Waals surface area contributed by atoms with Gasteiger partial charge in [-0.05, 0) is 44.6 Å². The lowest BCUT2D eigenvalue weighted by Crippen LogP contribution is -2.52. The van der Waals surface area contributed by atoms with E-state index in [4.69, 9.17) is 9.47 Å². The molecule has 2 fully saturated rings. The first-order valence-electron chi connectivity index (χ1n) is 9.79. The fraction of sp³-hybridized carbons (Fsp3) is 0.619. The smallest absolute Gasteiger partial charge is 0.410 e. The van der Waals surface area contributed by atoms with Gasteiger partial charge >= 0.3 is 12.2 Å². The third-order valence-electron chi connectivity index (χ3n) is 5.36. The molecule has 0 aromatic heterocycles. The molecule has 154 valence electrons. The van der Waals surface area contributed by atoms with E-state index in [1.165, 1.54) is 0 Å². The Bertz CT molecular complexity index is 691. The molecular weight excluding hydrogens is 471 g/mol. The molecule has 28 heavy (non-hydrogen) atoms. The lowest BCUT2D eigenvalue weighted by molar-refractivity contribution is 0.0107. The highest BCUT2D eigenvalue weighted by Crippen LogP contribution is 2.38. The number of likely N-dealkylation sites (tertiary alicyclic amines) is 2. The van der Waals surface area contributed by atoms with Crippen molar-refractivity contribution in [2.75, 3.05) is 24.1 Å². The molecule has 3 rings (SSSR count). The minimum atomic E-state index is -0.530. The molecule has 0 aliphatic carbocycles.